The molecule has 2 aromatic rings. The maximum atomic E-state index is 5.48. The summed E-state index contributed by atoms with van der Waals surface area (Å²) in [5, 5.41) is 14.9. The zero-order chi connectivity index (χ0) is 11.0. The van der Waals surface area contributed by atoms with Crippen LogP contribution in [0.4, 0.5) is 5.95 Å². The molecule has 0 spiro atoms. The Labute approximate surface area is 92.1 Å². The highest BCUT2D eigenvalue weighted by Gasteiger charge is 2.18. The minimum Gasteiger partial charge on any atom is -0.366 e. The van der Waals surface area contributed by atoms with Crippen molar-refractivity contribution in [1.82, 2.24) is 29.9 Å². The Morgan fingerprint density at radius 1 is 1.19 bits per heavy atom. The average molecular weight is 219 g/mol. The number of nitrogens with one attached hydrogen (secondary N) is 1. The molecule has 0 amide bonds. The number of nitrogen functional groups attached to an aromatic ring is 1. The molecule has 2 aromatic heterocycles. The molecule has 1 aliphatic rings. The van der Waals surface area contributed by atoms with Crippen LogP contribution in [0.1, 0.15) is 25.1 Å². The molecule has 0 atom stereocenters. The summed E-state index contributed by atoms with van der Waals surface area (Å²) < 4.78 is 2.10. The van der Waals surface area contributed by atoms with Crippen LogP contribution < -0.4 is 5.73 Å². The first-order valence-corrected chi connectivity index (χ1v) is 5.45. The molecule has 16 heavy (non-hydrogen) atoms. The van der Waals surface area contributed by atoms with E-state index in [9.17, 15) is 0 Å². The first kappa shape index (κ1) is 9.32. The Morgan fingerprint density at radius 3 is 2.94 bits per heavy atom. The van der Waals surface area contributed by atoms with Gasteiger partial charge in [0, 0.05) is 13.0 Å². The van der Waals surface area contributed by atoms with Gasteiger partial charge in [-0.3, -0.25) is 5.10 Å². The van der Waals surface area contributed by atoms with E-state index in [1.165, 1.54) is 12.8 Å². The summed E-state index contributed by atoms with van der Waals surface area (Å²) in [4.78, 5) is 4.08. The van der Waals surface area contributed by atoms with Gasteiger partial charge in [0.25, 0.3) is 0 Å². The Hall–Kier alpha value is -1.92. The monoisotopic (exact) mass is 219 g/mol. The zero-order valence-electron chi connectivity index (χ0n) is 8.85. The second-order valence-corrected chi connectivity index (χ2v) is 3.94. The van der Waals surface area contributed by atoms with E-state index in [1.54, 1.807) is 0 Å². The van der Waals surface area contributed by atoms with Crippen molar-refractivity contribution >= 4 is 5.95 Å². The van der Waals surface area contributed by atoms with Crippen LogP contribution in [0, 0.1) is 0 Å². The Bertz CT molecular complexity index is 498. The van der Waals surface area contributed by atoms with E-state index in [2.05, 4.69) is 29.9 Å². The van der Waals surface area contributed by atoms with Crippen LogP contribution >= 0.6 is 0 Å². The van der Waals surface area contributed by atoms with Crippen molar-refractivity contribution in [3.05, 3.63) is 5.82 Å². The number of hydrogen-bond donors (Lipinski definition) is 2. The lowest BCUT2D eigenvalue weighted by Crippen LogP contribution is -2.03. The van der Waals surface area contributed by atoms with E-state index in [-0.39, 0.29) is 5.95 Å². The second kappa shape index (κ2) is 3.58. The summed E-state index contributed by atoms with van der Waals surface area (Å²) in [6.45, 7) is 0.943. The van der Waals surface area contributed by atoms with Crippen molar-refractivity contribution in [2.75, 3.05) is 5.73 Å². The predicted molar refractivity (Wildman–Crippen MR) is 57.4 cm³/mol. The van der Waals surface area contributed by atoms with Gasteiger partial charge < -0.3 is 10.3 Å². The minimum absolute atomic E-state index is 0.237. The van der Waals surface area contributed by atoms with Crippen LogP contribution in [-0.4, -0.2) is 29.9 Å². The number of fused-ring (bicyclic) bond motifs is 1. The number of nitrogens with zero attached hydrogens (tertiary/aromatic N) is 5. The van der Waals surface area contributed by atoms with Gasteiger partial charge >= 0.3 is 0 Å². The molecule has 0 unspecified atom stereocenters. The lowest BCUT2D eigenvalue weighted by Gasteiger charge is -2.03. The Kier molecular flexibility index (Phi) is 2.09. The first-order chi connectivity index (χ1) is 7.84. The van der Waals surface area contributed by atoms with Gasteiger partial charge in [0.15, 0.2) is 5.82 Å². The van der Waals surface area contributed by atoms with Gasteiger partial charge in [-0.25, -0.2) is 0 Å². The number of aryl methyl sites for hydroxylation is 1. The second-order valence-electron chi connectivity index (χ2n) is 3.94. The molecule has 0 fully saturated rings. The summed E-state index contributed by atoms with van der Waals surface area (Å²) in [6, 6.07) is 0. The number of aromatic nitrogens is 6. The smallest absolute Gasteiger partial charge is 0.239 e. The quantitative estimate of drug-likeness (QED) is 0.722. The molecule has 1 aliphatic heterocycles. The third-order valence-corrected chi connectivity index (χ3v) is 2.82. The van der Waals surface area contributed by atoms with E-state index in [0.717, 1.165) is 31.0 Å². The van der Waals surface area contributed by atoms with Crippen LogP contribution in [-0.2, 0) is 13.0 Å². The molecule has 0 aromatic carbocycles. The molecule has 7 heteroatoms. The van der Waals surface area contributed by atoms with Gasteiger partial charge in [0.05, 0.1) is 0 Å². The van der Waals surface area contributed by atoms with E-state index < -0.39 is 0 Å². The molecule has 0 saturated carbocycles. The van der Waals surface area contributed by atoms with Gasteiger partial charge in [0.1, 0.15) is 5.82 Å². The van der Waals surface area contributed by atoms with Crippen molar-refractivity contribution in [3.8, 4) is 11.6 Å². The fourth-order valence-corrected chi connectivity index (χ4v) is 2.03. The molecular formula is C9H13N7. The van der Waals surface area contributed by atoms with Gasteiger partial charge in [-0.05, 0) is 12.8 Å². The molecule has 3 heterocycles. The number of H-pyrrole nitrogens is 1. The van der Waals surface area contributed by atoms with Crippen molar-refractivity contribution in [2.24, 2.45) is 0 Å². The molecular weight excluding hydrogens is 206 g/mol. The molecule has 3 rings (SSSR count). The topological polar surface area (TPSA) is 98.3 Å². The zero-order valence-corrected chi connectivity index (χ0v) is 8.85. The highest BCUT2D eigenvalue weighted by atomic mass is 15.3. The molecule has 0 saturated heterocycles. The normalized spacial score (nSPS) is 15.8. The number of anilines is 1. The number of nitrogens with two attached hydrogens (primary N) is 1. The highest BCUT2D eigenvalue weighted by Crippen LogP contribution is 2.19. The molecule has 84 valence electrons. The van der Waals surface area contributed by atoms with Gasteiger partial charge in [0.2, 0.25) is 11.8 Å². The predicted octanol–water partition coefficient (Wildman–Crippen LogP) is 0.372. The lowest BCUT2D eigenvalue weighted by molar-refractivity contribution is 0.635. The maximum absolute atomic E-state index is 5.48. The van der Waals surface area contributed by atoms with Gasteiger partial charge in [-0.1, -0.05) is 6.42 Å². The van der Waals surface area contributed by atoms with Crippen LogP contribution in [0.15, 0.2) is 0 Å². The van der Waals surface area contributed by atoms with E-state index in [4.69, 9.17) is 5.73 Å². The third kappa shape index (κ3) is 1.44. The summed E-state index contributed by atoms with van der Waals surface area (Å²) >= 11 is 0. The molecule has 0 bridgehead atoms. The molecule has 7 nitrogen and oxygen atoms in total. The largest absolute Gasteiger partial charge is 0.366 e. The summed E-state index contributed by atoms with van der Waals surface area (Å²) in [5.41, 5.74) is 5.48. The minimum atomic E-state index is 0.237. The Balaban J connectivity index is 2.05. The number of hydrogen-bond acceptors (Lipinski definition) is 5. The van der Waals surface area contributed by atoms with Gasteiger partial charge in [-0.2, -0.15) is 4.98 Å². The third-order valence-electron chi connectivity index (χ3n) is 2.82. The van der Waals surface area contributed by atoms with Crippen molar-refractivity contribution in [1.29, 1.82) is 0 Å². The fraction of sp³-hybridized carbons (Fsp3) is 0.556. The van der Waals surface area contributed by atoms with E-state index >= 15 is 0 Å². The standard InChI is InChI=1S/C9H13N7/c10-9-11-7(13-15-9)8-14-12-6-4-2-1-3-5-16(6)8/h1-5H2,(H3,10,11,13,15). The fourth-order valence-electron chi connectivity index (χ4n) is 2.03. The van der Waals surface area contributed by atoms with E-state index in [0.29, 0.717) is 5.82 Å². The summed E-state index contributed by atoms with van der Waals surface area (Å²) in [7, 11) is 0. The van der Waals surface area contributed by atoms with Crippen LogP contribution in [0.3, 0.4) is 0 Å². The van der Waals surface area contributed by atoms with Crippen molar-refractivity contribution < 1.29 is 0 Å². The van der Waals surface area contributed by atoms with Crippen LogP contribution in [0.25, 0.3) is 11.6 Å². The van der Waals surface area contributed by atoms with Gasteiger partial charge in [-0.15, -0.1) is 15.3 Å². The SMILES string of the molecule is Nc1n[nH]c(-c2nnc3n2CCCCC3)n1. The van der Waals surface area contributed by atoms with Crippen LogP contribution in [0.5, 0.6) is 0 Å². The number of aromatic amines is 1. The number of rotatable bonds is 1. The average Bonchev–Trinajstić information content (AvgIpc) is 2.79. The molecule has 0 aliphatic carbocycles. The van der Waals surface area contributed by atoms with Crippen LogP contribution in [0.2, 0.25) is 0 Å². The Morgan fingerprint density at radius 2 is 2.12 bits per heavy atom. The highest BCUT2D eigenvalue weighted by molar-refractivity contribution is 5.45. The first-order valence-electron chi connectivity index (χ1n) is 5.45. The maximum Gasteiger partial charge on any atom is 0.239 e. The molecule has 3 N–H and O–H groups in total. The van der Waals surface area contributed by atoms with Crippen molar-refractivity contribution in [3.63, 3.8) is 0 Å². The van der Waals surface area contributed by atoms with E-state index in [1.807, 2.05) is 0 Å². The van der Waals surface area contributed by atoms with Crippen molar-refractivity contribution in [2.45, 2.75) is 32.2 Å². The molecule has 0 radical (unpaired) electrons. The summed E-state index contributed by atoms with van der Waals surface area (Å²) in [6.07, 6.45) is 4.55. The summed E-state index contributed by atoms with van der Waals surface area (Å²) in [5.74, 6) is 2.60. The lowest BCUT2D eigenvalue weighted by atomic mass is 10.2.